The predicted octanol–water partition coefficient (Wildman–Crippen LogP) is 5.05. The van der Waals surface area contributed by atoms with Crippen molar-refractivity contribution >= 4 is 17.8 Å². The first-order chi connectivity index (χ1) is 16.1. The van der Waals surface area contributed by atoms with Gasteiger partial charge in [-0.15, -0.1) is 0 Å². The number of nitrogens with zero attached hydrogens (tertiary/aromatic N) is 2. The molecule has 0 bridgehead atoms. The number of benzene rings is 3. The second kappa shape index (κ2) is 10.1. The van der Waals surface area contributed by atoms with Crippen molar-refractivity contribution in [2.24, 2.45) is 5.10 Å². The van der Waals surface area contributed by atoms with Gasteiger partial charge in [-0.2, -0.15) is 5.10 Å². The first-order valence-corrected chi connectivity index (χ1v) is 10.0. The van der Waals surface area contributed by atoms with E-state index in [4.69, 9.17) is 9.15 Å². The molecule has 33 heavy (non-hydrogen) atoms. The van der Waals surface area contributed by atoms with Gasteiger partial charge >= 0.3 is 0 Å². The lowest BCUT2D eigenvalue weighted by molar-refractivity contribution is -0.384. The Bertz CT molecular complexity index is 1280. The molecule has 0 fully saturated rings. The fourth-order valence-corrected chi connectivity index (χ4v) is 3.07. The molecule has 3 aromatic carbocycles. The summed E-state index contributed by atoms with van der Waals surface area (Å²) in [5, 5.41) is 14.8. The Balaban J connectivity index is 1.27. The van der Waals surface area contributed by atoms with Gasteiger partial charge in [0, 0.05) is 17.7 Å². The van der Waals surface area contributed by atoms with Gasteiger partial charge in [-0.3, -0.25) is 14.9 Å². The molecule has 0 aliphatic heterocycles. The summed E-state index contributed by atoms with van der Waals surface area (Å²) in [7, 11) is 0. The molecule has 4 rings (SSSR count). The van der Waals surface area contributed by atoms with Crippen molar-refractivity contribution in [2.45, 2.75) is 0 Å². The maximum Gasteiger partial charge on any atom is 0.277 e. The van der Waals surface area contributed by atoms with Crippen molar-refractivity contribution < 1.29 is 18.9 Å². The van der Waals surface area contributed by atoms with Gasteiger partial charge in [0.15, 0.2) is 6.61 Å². The van der Waals surface area contributed by atoms with E-state index in [9.17, 15) is 14.9 Å². The molecule has 164 valence electrons. The first kappa shape index (κ1) is 21.5. The van der Waals surface area contributed by atoms with E-state index in [2.05, 4.69) is 10.5 Å². The summed E-state index contributed by atoms with van der Waals surface area (Å²) in [6, 6.07) is 26.8. The summed E-state index contributed by atoms with van der Waals surface area (Å²) in [5.74, 6) is 0.980. The highest BCUT2D eigenvalue weighted by Gasteiger charge is 2.10. The maximum absolute atomic E-state index is 12.0. The van der Waals surface area contributed by atoms with Gasteiger partial charge in [-0.25, -0.2) is 5.43 Å². The van der Waals surface area contributed by atoms with Gasteiger partial charge in [0.25, 0.3) is 11.6 Å². The minimum absolute atomic E-state index is 0.0268. The van der Waals surface area contributed by atoms with Crippen LogP contribution in [0, 0.1) is 10.1 Å². The molecule has 4 aromatic rings. The Morgan fingerprint density at radius 2 is 1.67 bits per heavy atom. The second-order valence-corrected chi connectivity index (χ2v) is 6.98. The summed E-state index contributed by atoms with van der Waals surface area (Å²) in [4.78, 5) is 22.4. The van der Waals surface area contributed by atoms with E-state index in [1.165, 1.54) is 18.3 Å². The second-order valence-electron chi connectivity index (χ2n) is 6.98. The van der Waals surface area contributed by atoms with Crippen LogP contribution in [0.4, 0.5) is 5.69 Å². The van der Waals surface area contributed by atoms with Crippen molar-refractivity contribution in [1.82, 2.24) is 5.43 Å². The normalized spacial score (nSPS) is 10.8. The zero-order valence-corrected chi connectivity index (χ0v) is 17.4. The zero-order chi connectivity index (χ0) is 23.0. The molecule has 1 aromatic heterocycles. The SMILES string of the molecule is O=C(COc1ccc(-c2ccccc2)cc1)N/N=C/c1ccc(-c2cccc([N+](=O)[O-])c2)o1. The topological polar surface area (TPSA) is 107 Å². The van der Waals surface area contributed by atoms with Crippen LogP contribution >= 0.6 is 0 Å². The third-order valence-electron chi connectivity index (χ3n) is 4.68. The Hall–Kier alpha value is -4.72. The fraction of sp³-hybridized carbons (Fsp3) is 0.0400. The van der Waals surface area contributed by atoms with E-state index >= 15 is 0 Å². The quantitative estimate of drug-likeness (QED) is 0.234. The number of furan rings is 1. The molecule has 0 aliphatic carbocycles. The predicted molar refractivity (Wildman–Crippen MR) is 124 cm³/mol. The van der Waals surface area contributed by atoms with E-state index in [0.29, 0.717) is 22.8 Å². The number of hydrazone groups is 1. The van der Waals surface area contributed by atoms with E-state index < -0.39 is 10.8 Å². The molecule has 8 nitrogen and oxygen atoms in total. The Morgan fingerprint density at radius 1 is 0.939 bits per heavy atom. The summed E-state index contributed by atoms with van der Waals surface area (Å²) < 4.78 is 11.1. The summed E-state index contributed by atoms with van der Waals surface area (Å²) in [5.41, 5.74) is 5.07. The van der Waals surface area contributed by atoms with E-state index in [0.717, 1.165) is 11.1 Å². The van der Waals surface area contributed by atoms with Crippen molar-refractivity contribution in [3.05, 3.63) is 107 Å². The van der Waals surface area contributed by atoms with Gasteiger partial charge in [-0.05, 0) is 35.4 Å². The number of nitro benzene ring substituents is 1. The molecule has 0 unspecified atom stereocenters. The lowest BCUT2D eigenvalue weighted by Gasteiger charge is -2.06. The summed E-state index contributed by atoms with van der Waals surface area (Å²) in [6.07, 6.45) is 1.34. The van der Waals surface area contributed by atoms with Crippen LogP contribution in [0.5, 0.6) is 5.75 Å². The van der Waals surface area contributed by atoms with Crippen LogP contribution < -0.4 is 10.2 Å². The van der Waals surface area contributed by atoms with Gasteiger partial charge < -0.3 is 9.15 Å². The van der Waals surface area contributed by atoms with E-state index in [1.807, 2.05) is 42.5 Å². The van der Waals surface area contributed by atoms with Crippen LogP contribution in [0.1, 0.15) is 5.76 Å². The van der Waals surface area contributed by atoms with Gasteiger partial charge in [0.2, 0.25) is 0 Å². The Morgan fingerprint density at radius 3 is 2.42 bits per heavy atom. The van der Waals surface area contributed by atoms with Crippen molar-refractivity contribution in [3.8, 4) is 28.2 Å². The van der Waals surface area contributed by atoms with E-state index in [-0.39, 0.29) is 12.3 Å². The number of nitro groups is 1. The van der Waals surface area contributed by atoms with Crippen LogP contribution in [-0.2, 0) is 4.79 Å². The summed E-state index contributed by atoms with van der Waals surface area (Å²) >= 11 is 0. The highest BCUT2D eigenvalue weighted by molar-refractivity contribution is 5.81. The van der Waals surface area contributed by atoms with Crippen molar-refractivity contribution in [2.75, 3.05) is 6.61 Å². The number of ether oxygens (including phenoxy) is 1. The standard InChI is InChI=1S/C25H19N3O5/c29-25(17-32-22-11-9-19(10-12-22)18-5-2-1-3-6-18)27-26-16-23-13-14-24(33-23)20-7-4-8-21(15-20)28(30)31/h1-16H,17H2,(H,27,29)/b26-16+. The molecule has 1 N–H and O–H groups in total. The highest BCUT2D eigenvalue weighted by Crippen LogP contribution is 2.25. The van der Waals surface area contributed by atoms with Crippen LogP contribution in [-0.4, -0.2) is 23.7 Å². The zero-order valence-electron chi connectivity index (χ0n) is 17.4. The Labute approximate surface area is 189 Å². The lowest BCUT2D eigenvalue weighted by atomic mass is 10.1. The van der Waals surface area contributed by atoms with E-state index in [1.54, 1.807) is 36.4 Å². The minimum Gasteiger partial charge on any atom is -0.484 e. The molecule has 0 saturated carbocycles. The van der Waals surface area contributed by atoms with Crippen molar-refractivity contribution in [1.29, 1.82) is 0 Å². The smallest absolute Gasteiger partial charge is 0.277 e. The molecule has 0 aliphatic rings. The summed E-state index contributed by atoms with van der Waals surface area (Å²) in [6.45, 7) is -0.195. The molecule has 0 radical (unpaired) electrons. The molecule has 0 spiro atoms. The highest BCUT2D eigenvalue weighted by atomic mass is 16.6. The number of carbonyl (C=O) groups is 1. The minimum atomic E-state index is -0.468. The van der Waals surface area contributed by atoms with Crippen LogP contribution in [0.15, 0.2) is 101 Å². The average Bonchev–Trinajstić information content (AvgIpc) is 3.33. The molecule has 1 heterocycles. The number of rotatable bonds is 8. The van der Waals surface area contributed by atoms with Gasteiger partial charge in [-0.1, -0.05) is 54.6 Å². The third-order valence-corrected chi connectivity index (χ3v) is 4.68. The van der Waals surface area contributed by atoms with Gasteiger partial charge in [0.1, 0.15) is 17.3 Å². The lowest BCUT2D eigenvalue weighted by Crippen LogP contribution is -2.24. The van der Waals surface area contributed by atoms with Gasteiger partial charge in [0.05, 0.1) is 11.1 Å². The number of amides is 1. The number of hydrogen-bond donors (Lipinski definition) is 1. The molecule has 0 atom stereocenters. The van der Waals surface area contributed by atoms with Crippen LogP contribution in [0.25, 0.3) is 22.5 Å². The maximum atomic E-state index is 12.0. The number of non-ortho nitro benzene ring substituents is 1. The molecular weight excluding hydrogens is 422 g/mol. The van der Waals surface area contributed by atoms with Crippen LogP contribution in [0.3, 0.4) is 0 Å². The molecule has 0 saturated heterocycles. The van der Waals surface area contributed by atoms with Crippen LogP contribution in [0.2, 0.25) is 0 Å². The number of nitrogens with one attached hydrogen (secondary N) is 1. The number of carbonyl (C=O) groups excluding carboxylic acids is 1. The number of hydrogen-bond acceptors (Lipinski definition) is 6. The monoisotopic (exact) mass is 441 g/mol. The first-order valence-electron chi connectivity index (χ1n) is 10.0. The molecule has 8 heteroatoms. The van der Waals surface area contributed by atoms with Crippen molar-refractivity contribution in [3.63, 3.8) is 0 Å². The average molecular weight is 441 g/mol. The largest absolute Gasteiger partial charge is 0.484 e. The molecular formula is C25H19N3O5. The Kier molecular flexibility index (Phi) is 6.56. The fourth-order valence-electron chi connectivity index (χ4n) is 3.07. The molecule has 1 amide bonds. The third kappa shape index (κ3) is 5.71.